The molecule has 2 atom stereocenters. The summed E-state index contributed by atoms with van der Waals surface area (Å²) in [7, 11) is -2.07. The van der Waals surface area contributed by atoms with E-state index in [0.29, 0.717) is 11.1 Å². The lowest BCUT2D eigenvalue weighted by Crippen LogP contribution is -2.42. The van der Waals surface area contributed by atoms with E-state index in [2.05, 4.69) is 6.58 Å². The number of amides is 2. The number of carbonyl (C=O) groups is 3. The predicted molar refractivity (Wildman–Crippen MR) is 94.1 cm³/mol. The first kappa shape index (κ1) is 18.1. The van der Waals surface area contributed by atoms with Gasteiger partial charge >= 0.3 is 0 Å². The molecule has 0 aromatic heterocycles. The maximum atomic E-state index is 12.5. The zero-order chi connectivity index (χ0) is 18.1. The fourth-order valence-corrected chi connectivity index (χ4v) is 3.35. The largest absolute Gasteiger partial charge is 0.520 e. The molecule has 5 nitrogen and oxygen atoms in total. The normalized spacial score (nSPS) is 16.6. The summed E-state index contributed by atoms with van der Waals surface area (Å²) in [5.41, 5.74) is 0.761. The van der Waals surface area contributed by atoms with E-state index in [1.165, 1.54) is 0 Å². The fourth-order valence-electron chi connectivity index (χ4n) is 2.60. The van der Waals surface area contributed by atoms with Gasteiger partial charge in [0.05, 0.1) is 17.0 Å². The first-order valence-corrected chi connectivity index (χ1v) is 11.4. The van der Waals surface area contributed by atoms with Gasteiger partial charge in [-0.3, -0.25) is 19.3 Å². The topological polar surface area (TPSA) is 63.7 Å². The van der Waals surface area contributed by atoms with Crippen molar-refractivity contribution >= 4 is 26.1 Å². The molecule has 128 valence electrons. The number of imide groups is 1. The highest BCUT2D eigenvalue weighted by Crippen LogP contribution is 2.26. The van der Waals surface area contributed by atoms with Crippen LogP contribution in [0, 0.1) is 11.8 Å². The van der Waals surface area contributed by atoms with E-state index in [0.717, 1.165) is 4.90 Å². The Bertz CT molecular complexity index is 658. The van der Waals surface area contributed by atoms with Gasteiger partial charge in [0.25, 0.3) is 17.8 Å². The van der Waals surface area contributed by atoms with E-state index in [-0.39, 0.29) is 30.2 Å². The molecule has 2 amide bonds. The zero-order valence-corrected chi connectivity index (χ0v) is 15.5. The fraction of sp³-hybridized carbons (Fsp3) is 0.389. The van der Waals surface area contributed by atoms with Gasteiger partial charge in [-0.25, -0.2) is 0 Å². The molecule has 6 heteroatoms. The molecular weight excluding hydrogens is 322 g/mol. The lowest BCUT2D eigenvalue weighted by Gasteiger charge is -2.28. The van der Waals surface area contributed by atoms with Crippen LogP contribution in [0.1, 0.15) is 27.6 Å². The van der Waals surface area contributed by atoms with Crippen LogP contribution < -0.4 is 0 Å². The van der Waals surface area contributed by atoms with Crippen molar-refractivity contribution in [2.75, 3.05) is 6.54 Å². The van der Waals surface area contributed by atoms with Crippen LogP contribution in [0.3, 0.4) is 0 Å². The van der Waals surface area contributed by atoms with Crippen LogP contribution in [0.15, 0.2) is 36.9 Å². The Hall–Kier alpha value is -2.21. The number of hydrogen-bond donors (Lipinski definition) is 0. The van der Waals surface area contributed by atoms with Gasteiger partial charge in [0.2, 0.25) is 8.32 Å². The predicted octanol–water partition coefficient (Wildman–Crippen LogP) is 3.10. The van der Waals surface area contributed by atoms with Crippen LogP contribution in [0.2, 0.25) is 19.6 Å². The first-order valence-electron chi connectivity index (χ1n) is 7.96. The van der Waals surface area contributed by atoms with Gasteiger partial charge in [0.1, 0.15) is 0 Å². The van der Waals surface area contributed by atoms with Crippen molar-refractivity contribution in [3.05, 3.63) is 48.0 Å². The summed E-state index contributed by atoms with van der Waals surface area (Å²) < 4.78 is 5.58. The van der Waals surface area contributed by atoms with E-state index >= 15 is 0 Å². The molecule has 0 saturated carbocycles. The Kier molecular flexibility index (Phi) is 5.08. The lowest BCUT2D eigenvalue weighted by atomic mass is 9.93. The van der Waals surface area contributed by atoms with Crippen molar-refractivity contribution in [3.8, 4) is 0 Å². The van der Waals surface area contributed by atoms with E-state index in [1.807, 2.05) is 26.6 Å². The molecule has 0 saturated heterocycles. The summed E-state index contributed by atoms with van der Waals surface area (Å²) in [5, 5.41) is 0. The second-order valence-electron chi connectivity index (χ2n) is 7.00. The van der Waals surface area contributed by atoms with Crippen molar-refractivity contribution in [2.24, 2.45) is 11.8 Å². The number of allylic oxidation sites excluding steroid dienone is 1. The molecule has 0 radical (unpaired) electrons. The highest BCUT2D eigenvalue weighted by Gasteiger charge is 2.39. The Labute approximate surface area is 143 Å². The summed E-state index contributed by atoms with van der Waals surface area (Å²) in [6.45, 7) is 11.3. The average molecular weight is 345 g/mol. The quantitative estimate of drug-likeness (QED) is 0.451. The molecule has 1 aliphatic heterocycles. The number of hydrogen-bond acceptors (Lipinski definition) is 4. The Morgan fingerprint density at radius 2 is 1.71 bits per heavy atom. The van der Waals surface area contributed by atoms with Crippen LogP contribution in [0.25, 0.3) is 0 Å². The number of fused-ring (bicyclic) bond motifs is 1. The molecule has 0 N–H and O–H groups in total. The molecule has 24 heavy (non-hydrogen) atoms. The summed E-state index contributed by atoms with van der Waals surface area (Å²) in [4.78, 5) is 38.7. The van der Waals surface area contributed by atoms with Crippen LogP contribution in [-0.2, 0) is 9.22 Å². The minimum Gasteiger partial charge on any atom is -0.520 e. The van der Waals surface area contributed by atoms with Crippen LogP contribution in [0.4, 0.5) is 0 Å². The third kappa shape index (κ3) is 3.64. The minimum absolute atomic E-state index is 0.00282. The molecule has 2 rings (SSSR count). The van der Waals surface area contributed by atoms with Gasteiger partial charge in [-0.1, -0.05) is 25.1 Å². The summed E-state index contributed by atoms with van der Waals surface area (Å²) in [6.07, 6.45) is 1.65. The van der Waals surface area contributed by atoms with Crippen LogP contribution >= 0.6 is 0 Å². The van der Waals surface area contributed by atoms with Gasteiger partial charge in [0, 0.05) is 6.54 Å². The van der Waals surface area contributed by atoms with Gasteiger partial charge in [0.15, 0.2) is 0 Å². The van der Waals surface area contributed by atoms with Crippen molar-refractivity contribution < 1.29 is 18.8 Å². The van der Waals surface area contributed by atoms with Gasteiger partial charge in [-0.15, -0.1) is 6.58 Å². The molecule has 1 aromatic rings. The average Bonchev–Trinajstić information content (AvgIpc) is 2.75. The molecular formula is C18H23NO4Si. The first-order chi connectivity index (χ1) is 11.2. The van der Waals surface area contributed by atoms with Gasteiger partial charge in [-0.2, -0.15) is 0 Å². The van der Waals surface area contributed by atoms with E-state index in [9.17, 15) is 14.4 Å². The molecule has 0 spiro atoms. The third-order valence-corrected chi connectivity index (χ3v) is 4.79. The van der Waals surface area contributed by atoms with Crippen molar-refractivity contribution in [1.82, 2.24) is 4.90 Å². The van der Waals surface area contributed by atoms with E-state index < -0.39 is 14.2 Å². The highest BCUT2D eigenvalue weighted by molar-refractivity contribution is 6.71. The number of nitrogens with zero attached hydrogens (tertiary/aromatic N) is 1. The minimum atomic E-state index is -2.07. The lowest BCUT2D eigenvalue weighted by molar-refractivity contribution is -0.141. The number of carbonyl (C=O) groups excluding carboxylic acids is 3. The number of rotatable bonds is 6. The summed E-state index contributed by atoms with van der Waals surface area (Å²) >= 11 is 0. The third-order valence-electron chi connectivity index (χ3n) is 3.97. The zero-order valence-electron chi connectivity index (χ0n) is 14.5. The second kappa shape index (κ2) is 6.73. The summed E-state index contributed by atoms with van der Waals surface area (Å²) in [6, 6.07) is 6.69. The smallest absolute Gasteiger partial charge is 0.298 e. The molecule has 2 unspecified atom stereocenters. The summed E-state index contributed by atoms with van der Waals surface area (Å²) in [5.74, 6) is -1.93. The molecule has 1 aromatic carbocycles. The Morgan fingerprint density at radius 3 is 2.12 bits per heavy atom. The SMILES string of the molecule is C=CC(C)C(CN1C(=O)c2ccccc2C1=O)C(=O)O[Si](C)(C)C. The molecule has 0 bridgehead atoms. The van der Waals surface area contributed by atoms with Crippen molar-refractivity contribution in [1.29, 1.82) is 0 Å². The van der Waals surface area contributed by atoms with Crippen LogP contribution in [0.5, 0.6) is 0 Å². The Morgan fingerprint density at radius 1 is 1.21 bits per heavy atom. The van der Waals surface area contributed by atoms with E-state index in [1.54, 1.807) is 30.3 Å². The maximum absolute atomic E-state index is 12.5. The van der Waals surface area contributed by atoms with E-state index in [4.69, 9.17) is 4.43 Å². The monoisotopic (exact) mass is 345 g/mol. The second-order valence-corrected chi connectivity index (χ2v) is 11.4. The Balaban J connectivity index is 2.25. The van der Waals surface area contributed by atoms with Gasteiger partial charge in [-0.05, 0) is 37.7 Å². The van der Waals surface area contributed by atoms with Gasteiger partial charge < -0.3 is 4.43 Å². The van der Waals surface area contributed by atoms with Crippen molar-refractivity contribution in [3.63, 3.8) is 0 Å². The maximum Gasteiger partial charge on any atom is 0.298 e. The van der Waals surface area contributed by atoms with Crippen LogP contribution in [-0.4, -0.2) is 37.5 Å². The molecule has 1 heterocycles. The highest BCUT2D eigenvalue weighted by atomic mass is 28.4. The molecule has 0 fully saturated rings. The molecule has 1 aliphatic rings. The number of benzene rings is 1. The van der Waals surface area contributed by atoms with Crippen molar-refractivity contribution in [2.45, 2.75) is 26.6 Å². The molecule has 0 aliphatic carbocycles. The standard InChI is InChI=1S/C18H23NO4Si/c1-6-12(2)15(18(22)23-24(3,4)5)11-19-16(20)13-9-7-8-10-14(13)17(19)21/h6-10,12,15H,1,11H2,2-5H3.